The summed E-state index contributed by atoms with van der Waals surface area (Å²) in [5.41, 5.74) is 5.50. The Morgan fingerprint density at radius 3 is 2.46 bits per heavy atom. The van der Waals surface area contributed by atoms with E-state index >= 15 is 0 Å². The molecule has 0 saturated carbocycles. The van der Waals surface area contributed by atoms with Gasteiger partial charge in [-0.2, -0.15) is 0 Å². The standard InChI is InChI=1S/C22H20O2/c1-13-17-12-20(23)18-11-14(24-4)9-10-15(18)21(17)16-7-5-6-8-19(16)22(13,2)3/h5-12,23H,1H2,2-4H3. The van der Waals surface area contributed by atoms with Gasteiger partial charge in [0.25, 0.3) is 0 Å². The van der Waals surface area contributed by atoms with Crippen molar-refractivity contribution in [2.75, 3.05) is 7.11 Å². The normalized spacial score (nSPS) is 15.0. The second-order valence-corrected chi connectivity index (χ2v) is 6.88. The zero-order valence-electron chi connectivity index (χ0n) is 14.2. The first kappa shape index (κ1) is 14.8. The fourth-order valence-electron chi connectivity index (χ4n) is 3.79. The summed E-state index contributed by atoms with van der Waals surface area (Å²) in [7, 11) is 1.64. The van der Waals surface area contributed by atoms with Crippen LogP contribution in [0.3, 0.4) is 0 Å². The third-order valence-electron chi connectivity index (χ3n) is 5.27. The third-order valence-corrected chi connectivity index (χ3v) is 5.27. The number of fused-ring (bicyclic) bond motifs is 5. The lowest BCUT2D eigenvalue weighted by molar-refractivity contribution is 0.415. The van der Waals surface area contributed by atoms with E-state index in [9.17, 15) is 5.11 Å². The Morgan fingerprint density at radius 2 is 1.71 bits per heavy atom. The second-order valence-electron chi connectivity index (χ2n) is 6.88. The van der Waals surface area contributed by atoms with Gasteiger partial charge in [-0.1, -0.05) is 44.7 Å². The molecular weight excluding hydrogens is 296 g/mol. The number of phenols is 1. The third kappa shape index (κ3) is 1.83. The van der Waals surface area contributed by atoms with Gasteiger partial charge in [0.05, 0.1) is 7.11 Å². The van der Waals surface area contributed by atoms with Crippen LogP contribution in [0.2, 0.25) is 0 Å². The molecule has 0 heterocycles. The lowest BCUT2D eigenvalue weighted by Crippen LogP contribution is -2.24. The molecule has 1 aliphatic rings. The summed E-state index contributed by atoms with van der Waals surface area (Å²) < 4.78 is 5.32. The van der Waals surface area contributed by atoms with Gasteiger partial charge in [-0.3, -0.25) is 0 Å². The van der Waals surface area contributed by atoms with E-state index in [1.807, 2.05) is 24.3 Å². The van der Waals surface area contributed by atoms with E-state index in [4.69, 9.17) is 4.74 Å². The van der Waals surface area contributed by atoms with Gasteiger partial charge in [0.15, 0.2) is 0 Å². The molecule has 120 valence electrons. The predicted octanol–water partition coefficient (Wildman–Crippen LogP) is 5.53. The molecule has 3 aromatic rings. The molecule has 0 aromatic heterocycles. The van der Waals surface area contributed by atoms with Crippen LogP contribution >= 0.6 is 0 Å². The van der Waals surface area contributed by atoms with Crippen LogP contribution in [0.5, 0.6) is 11.5 Å². The Balaban J connectivity index is 2.18. The van der Waals surface area contributed by atoms with Crippen LogP contribution in [0.4, 0.5) is 0 Å². The molecule has 0 unspecified atom stereocenters. The monoisotopic (exact) mass is 316 g/mol. The van der Waals surface area contributed by atoms with Crippen molar-refractivity contribution in [3.05, 3.63) is 66.2 Å². The zero-order chi connectivity index (χ0) is 17.1. The van der Waals surface area contributed by atoms with Gasteiger partial charge < -0.3 is 9.84 Å². The van der Waals surface area contributed by atoms with E-state index in [1.165, 1.54) is 11.1 Å². The molecule has 0 radical (unpaired) electrons. The van der Waals surface area contributed by atoms with Crippen molar-refractivity contribution in [3.8, 4) is 22.6 Å². The summed E-state index contributed by atoms with van der Waals surface area (Å²) in [5, 5.41) is 12.4. The van der Waals surface area contributed by atoms with Gasteiger partial charge in [-0.05, 0) is 57.5 Å². The van der Waals surface area contributed by atoms with Crippen LogP contribution in [0, 0.1) is 0 Å². The van der Waals surface area contributed by atoms with E-state index < -0.39 is 0 Å². The first-order chi connectivity index (χ1) is 11.4. The summed E-state index contributed by atoms with van der Waals surface area (Å²) in [6, 6.07) is 16.2. The molecule has 0 fully saturated rings. The molecule has 1 aliphatic carbocycles. The number of phenolic OH excluding ortho intramolecular Hbond substituents is 1. The summed E-state index contributed by atoms with van der Waals surface area (Å²) >= 11 is 0. The molecule has 0 bridgehead atoms. The van der Waals surface area contributed by atoms with Gasteiger partial charge >= 0.3 is 0 Å². The first-order valence-electron chi connectivity index (χ1n) is 8.08. The van der Waals surface area contributed by atoms with Crippen molar-refractivity contribution in [2.45, 2.75) is 19.3 Å². The molecule has 0 saturated heterocycles. The van der Waals surface area contributed by atoms with Crippen LogP contribution in [-0.4, -0.2) is 12.2 Å². The highest BCUT2D eigenvalue weighted by Crippen LogP contribution is 2.52. The Bertz CT molecular complexity index is 996. The smallest absolute Gasteiger partial charge is 0.124 e. The lowest BCUT2D eigenvalue weighted by Gasteiger charge is -2.37. The number of ether oxygens (including phenoxy) is 1. The van der Waals surface area contributed by atoms with Crippen molar-refractivity contribution >= 4 is 16.3 Å². The number of aromatic hydroxyl groups is 1. The average Bonchev–Trinajstić information content (AvgIpc) is 2.59. The number of hydrogen-bond acceptors (Lipinski definition) is 2. The molecule has 0 atom stereocenters. The maximum Gasteiger partial charge on any atom is 0.124 e. The molecular formula is C22H20O2. The largest absolute Gasteiger partial charge is 0.507 e. The molecule has 0 spiro atoms. The van der Waals surface area contributed by atoms with Crippen LogP contribution < -0.4 is 4.74 Å². The number of hydrogen-bond donors (Lipinski definition) is 1. The summed E-state index contributed by atoms with van der Waals surface area (Å²) in [4.78, 5) is 0. The average molecular weight is 316 g/mol. The van der Waals surface area contributed by atoms with Gasteiger partial charge in [0.2, 0.25) is 0 Å². The number of benzene rings is 3. The maximum atomic E-state index is 10.6. The quantitative estimate of drug-likeness (QED) is 0.640. The number of rotatable bonds is 1. The lowest BCUT2D eigenvalue weighted by atomic mass is 9.66. The minimum Gasteiger partial charge on any atom is -0.507 e. The summed E-state index contributed by atoms with van der Waals surface area (Å²) in [5.74, 6) is 1.000. The van der Waals surface area contributed by atoms with E-state index in [0.717, 1.165) is 33.2 Å². The maximum absolute atomic E-state index is 10.6. The molecule has 24 heavy (non-hydrogen) atoms. The van der Waals surface area contributed by atoms with E-state index in [-0.39, 0.29) is 11.2 Å². The highest BCUT2D eigenvalue weighted by Gasteiger charge is 2.35. The molecule has 0 aliphatic heterocycles. The van der Waals surface area contributed by atoms with Crippen molar-refractivity contribution < 1.29 is 9.84 Å². The highest BCUT2D eigenvalue weighted by molar-refractivity contribution is 6.08. The summed E-state index contributed by atoms with van der Waals surface area (Å²) in [6.07, 6.45) is 0. The molecule has 2 nitrogen and oxygen atoms in total. The molecule has 1 N–H and O–H groups in total. The molecule has 4 rings (SSSR count). The fourth-order valence-corrected chi connectivity index (χ4v) is 3.79. The second kappa shape index (κ2) is 4.88. The SMILES string of the molecule is C=C1c2cc(O)c3cc(OC)ccc3c2-c2ccccc2C1(C)C. The highest BCUT2D eigenvalue weighted by atomic mass is 16.5. The van der Waals surface area contributed by atoms with Crippen molar-refractivity contribution in [2.24, 2.45) is 0 Å². The molecule has 3 aromatic carbocycles. The van der Waals surface area contributed by atoms with Crippen LogP contribution in [0.25, 0.3) is 27.5 Å². The Hall–Kier alpha value is -2.74. The topological polar surface area (TPSA) is 29.5 Å². The van der Waals surface area contributed by atoms with Crippen LogP contribution in [0.15, 0.2) is 55.1 Å². The minimum absolute atomic E-state index is 0.170. The van der Waals surface area contributed by atoms with Crippen LogP contribution in [0.1, 0.15) is 25.0 Å². The van der Waals surface area contributed by atoms with Crippen molar-refractivity contribution in [1.82, 2.24) is 0 Å². The van der Waals surface area contributed by atoms with Gasteiger partial charge in [-0.25, -0.2) is 0 Å². The van der Waals surface area contributed by atoms with E-state index in [1.54, 1.807) is 7.11 Å². The molecule has 0 amide bonds. The number of methoxy groups -OCH3 is 1. The Kier molecular flexibility index (Phi) is 3.01. The van der Waals surface area contributed by atoms with Gasteiger partial charge in [0, 0.05) is 10.8 Å². The van der Waals surface area contributed by atoms with E-state index in [2.05, 4.69) is 44.7 Å². The first-order valence-corrected chi connectivity index (χ1v) is 8.08. The van der Waals surface area contributed by atoms with Gasteiger partial charge in [0.1, 0.15) is 11.5 Å². The van der Waals surface area contributed by atoms with Gasteiger partial charge in [-0.15, -0.1) is 0 Å². The predicted molar refractivity (Wildman–Crippen MR) is 99.7 cm³/mol. The zero-order valence-corrected chi connectivity index (χ0v) is 14.2. The number of allylic oxidation sites excluding steroid dienone is 1. The van der Waals surface area contributed by atoms with E-state index in [0.29, 0.717) is 0 Å². The minimum atomic E-state index is -0.170. The van der Waals surface area contributed by atoms with Crippen LogP contribution in [-0.2, 0) is 5.41 Å². The van der Waals surface area contributed by atoms with Crippen molar-refractivity contribution in [1.29, 1.82) is 0 Å². The summed E-state index contributed by atoms with van der Waals surface area (Å²) in [6.45, 7) is 8.73. The Labute approximate surface area is 142 Å². The fraction of sp³-hybridized carbons (Fsp3) is 0.182. The van der Waals surface area contributed by atoms with Crippen molar-refractivity contribution in [3.63, 3.8) is 0 Å². The Morgan fingerprint density at radius 1 is 0.958 bits per heavy atom. The molecule has 2 heteroatoms.